The van der Waals surface area contributed by atoms with Crippen LogP contribution in [0.5, 0.6) is 0 Å². The maximum absolute atomic E-state index is 15.5. The summed E-state index contributed by atoms with van der Waals surface area (Å²) >= 11 is 0. The number of alkyl halides is 1. The van der Waals surface area contributed by atoms with Crippen LogP contribution in [0.15, 0.2) is 19.0 Å². The Kier molecular flexibility index (Phi) is 4.86. The first-order chi connectivity index (χ1) is 13.1. The number of carbonyl (C=O) groups excluding carboxylic acids is 1. The van der Waals surface area contributed by atoms with Crippen molar-refractivity contribution in [1.29, 1.82) is 0 Å². The second-order valence-corrected chi connectivity index (χ2v) is 7.14. The number of hydrogen-bond donors (Lipinski definition) is 4. The molecule has 152 valence electrons. The molecule has 3 heterocycles. The van der Waals surface area contributed by atoms with Crippen molar-refractivity contribution < 1.29 is 24.1 Å². The Morgan fingerprint density at radius 1 is 1.57 bits per heavy atom. The molecule has 0 aromatic carbocycles. The summed E-state index contributed by atoms with van der Waals surface area (Å²) in [5, 5.41) is 22.5. The number of ether oxygens (including phenoxy) is 1. The van der Waals surface area contributed by atoms with Gasteiger partial charge in [0.1, 0.15) is 23.4 Å². The number of nitrogens with one attached hydrogen (secondary N) is 1. The Morgan fingerprint density at radius 3 is 2.79 bits per heavy atom. The number of nitrogens with two attached hydrogens (primary N) is 1. The number of aromatic nitrogens is 4. The van der Waals surface area contributed by atoms with Gasteiger partial charge in [0, 0.05) is 7.05 Å². The topological polar surface area (TPSA) is 148 Å². The lowest BCUT2D eigenvalue weighted by atomic mass is 9.91. The van der Waals surface area contributed by atoms with Crippen LogP contribution >= 0.6 is 0 Å². The van der Waals surface area contributed by atoms with Gasteiger partial charge in [0.2, 0.25) is 11.6 Å². The van der Waals surface area contributed by atoms with Gasteiger partial charge in [-0.3, -0.25) is 9.36 Å². The maximum atomic E-state index is 15.5. The summed E-state index contributed by atoms with van der Waals surface area (Å²) in [6.07, 6.45) is -1.96. The number of fused-ring (bicyclic) bond motifs is 1. The summed E-state index contributed by atoms with van der Waals surface area (Å²) in [6, 6.07) is 0. The molecular weight excluding hydrogens is 371 g/mol. The zero-order valence-electron chi connectivity index (χ0n) is 15.8. The highest BCUT2D eigenvalue weighted by molar-refractivity contribution is 5.87. The summed E-state index contributed by atoms with van der Waals surface area (Å²) in [6.45, 7) is 6.00. The average molecular weight is 394 g/mol. The number of primary amides is 1. The summed E-state index contributed by atoms with van der Waals surface area (Å²) < 4.78 is 22.3. The Balaban J connectivity index is 2.23. The van der Waals surface area contributed by atoms with Gasteiger partial charge in [0.25, 0.3) is 0 Å². The summed E-state index contributed by atoms with van der Waals surface area (Å²) in [5.74, 6) is -0.217. The molecule has 1 fully saturated rings. The molecule has 1 aliphatic rings. The lowest BCUT2D eigenvalue weighted by molar-refractivity contribution is -0.122. The fourth-order valence-corrected chi connectivity index (χ4v) is 3.07. The third kappa shape index (κ3) is 2.74. The predicted molar refractivity (Wildman–Crippen MR) is 98.1 cm³/mol. The Hall–Kier alpha value is -2.63. The highest BCUT2D eigenvalue weighted by Crippen LogP contribution is 2.43. The third-order valence-corrected chi connectivity index (χ3v) is 5.07. The molecule has 0 bridgehead atoms. The summed E-state index contributed by atoms with van der Waals surface area (Å²) in [4.78, 5) is 24.8. The van der Waals surface area contributed by atoms with Crippen molar-refractivity contribution in [2.24, 2.45) is 5.73 Å². The van der Waals surface area contributed by atoms with Crippen LogP contribution in [0.2, 0.25) is 0 Å². The van der Waals surface area contributed by atoms with Crippen molar-refractivity contribution >= 4 is 22.9 Å². The Bertz CT molecular complexity index is 932. The lowest BCUT2D eigenvalue weighted by Gasteiger charge is -2.26. The SMILES string of the molecule is C=C[C@@]1(F)[C@H](O)[C@@H](CO)O[C@H]1n1cnc2c(NC)nc(C(C)(C)C(N)=O)nc21. The van der Waals surface area contributed by atoms with Crippen LogP contribution in [0.4, 0.5) is 10.2 Å². The minimum absolute atomic E-state index is 0.110. The zero-order valence-corrected chi connectivity index (χ0v) is 15.8. The van der Waals surface area contributed by atoms with Gasteiger partial charge >= 0.3 is 0 Å². The van der Waals surface area contributed by atoms with Gasteiger partial charge in [0.15, 0.2) is 23.2 Å². The van der Waals surface area contributed by atoms with E-state index in [1.165, 1.54) is 10.9 Å². The average Bonchev–Trinajstić information content (AvgIpc) is 3.20. The first-order valence-electron chi connectivity index (χ1n) is 8.61. The minimum atomic E-state index is -2.40. The molecule has 0 radical (unpaired) electrons. The van der Waals surface area contributed by atoms with E-state index in [0.29, 0.717) is 11.3 Å². The van der Waals surface area contributed by atoms with Crippen LogP contribution in [0.25, 0.3) is 11.2 Å². The molecule has 0 aliphatic carbocycles. The molecule has 5 N–H and O–H groups in total. The Labute approximate surface area is 160 Å². The summed E-state index contributed by atoms with van der Waals surface area (Å²) in [7, 11) is 1.61. The van der Waals surface area contributed by atoms with Crippen molar-refractivity contribution in [3.8, 4) is 0 Å². The van der Waals surface area contributed by atoms with E-state index in [0.717, 1.165) is 6.08 Å². The maximum Gasteiger partial charge on any atom is 0.230 e. The number of rotatable bonds is 6. The molecule has 1 aliphatic heterocycles. The molecule has 0 unspecified atom stereocenters. The molecule has 1 amide bonds. The molecule has 2 aromatic rings. The van der Waals surface area contributed by atoms with Gasteiger partial charge in [0.05, 0.1) is 12.9 Å². The molecule has 3 rings (SSSR count). The molecule has 1 saturated heterocycles. The monoisotopic (exact) mass is 394 g/mol. The number of halogens is 1. The molecule has 4 atom stereocenters. The smallest absolute Gasteiger partial charge is 0.230 e. The van der Waals surface area contributed by atoms with Gasteiger partial charge in [-0.1, -0.05) is 6.58 Å². The zero-order chi connectivity index (χ0) is 20.9. The number of aliphatic hydroxyl groups excluding tert-OH is 2. The van der Waals surface area contributed by atoms with E-state index >= 15 is 4.39 Å². The number of amides is 1. The third-order valence-electron chi connectivity index (χ3n) is 5.07. The van der Waals surface area contributed by atoms with Gasteiger partial charge in [-0.2, -0.15) is 0 Å². The van der Waals surface area contributed by atoms with Crippen LogP contribution in [-0.4, -0.2) is 67.2 Å². The number of imidazole rings is 1. The standard InChI is InChI=1S/C17H23FN6O4/c1-5-17(18)10(26)8(6-25)28-15(17)24-7-21-9-11(20-4)22-14(23-12(9)24)16(2,3)13(19)27/h5,7-8,10,15,25-26H,1,6H2,2-4H3,(H2,19,27)(H,20,22,23)/t8-,10-,15-,17-/m1/s1. The van der Waals surface area contributed by atoms with E-state index in [1.807, 2.05) is 0 Å². The largest absolute Gasteiger partial charge is 0.394 e. The molecule has 0 saturated carbocycles. The van der Waals surface area contributed by atoms with Crippen molar-refractivity contribution in [3.05, 3.63) is 24.8 Å². The second kappa shape index (κ2) is 6.76. The van der Waals surface area contributed by atoms with E-state index in [2.05, 4.69) is 26.8 Å². The first kappa shape index (κ1) is 20.1. The molecule has 11 heteroatoms. The molecule has 0 spiro atoms. The molecule has 28 heavy (non-hydrogen) atoms. The van der Waals surface area contributed by atoms with E-state index < -0.39 is 42.0 Å². The van der Waals surface area contributed by atoms with Gasteiger partial charge in [-0.05, 0) is 19.9 Å². The number of nitrogens with zero attached hydrogens (tertiary/aromatic N) is 4. The fraction of sp³-hybridized carbons (Fsp3) is 0.529. The van der Waals surface area contributed by atoms with Crippen molar-refractivity contribution in [2.45, 2.75) is 43.4 Å². The van der Waals surface area contributed by atoms with Crippen molar-refractivity contribution in [3.63, 3.8) is 0 Å². The van der Waals surface area contributed by atoms with Crippen LogP contribution in [0.1, 0.15) is 25.9 Å². The Morgan fingerprint density at radius 2 is 2.25 bits per heavy atom. The number of hydrogen-bond acceptors (Lipinski definition) is 8. The van der Waals surface area contributed by atoms with Crippen LogP contribution in [-0.2, 0) is 14.9 Å². The predicted octanol–water partition coefficient (Wildman–Crippen LogP) is -0.224. The molecule has 10 nitrogen and oxygen atoms in total. The van der Waals surface area contributed by atoms with E-state index in [-0.39, 0.29) is 11.5 Å². The minimum Gasteiger partial charge on any atom is -0.394 e. The lowest BCUT2D eigenvalue weighted by Crippen LogP contribution is -2.41. The quantitative estimate of drug-likeness (QED) is 0.491. The van der Waals surface area contributed by atoms with Crippen LogP contribution < -0.4 is 11.1 Å². The van der Waals surface area contributed by atoms with E-state index in [1.54, 1.807) is 20.9 Å². The van der Waals surface area contributed by atoms with Gasteiger partial charge in [-0.25, -0.2) is 19.3 Å². The van der Waals surface area contributed by atoms with Crippen LogP contribution in [0, 0.1) is 0 Å². The highest BCUT2D eigenvalue weighted by atomic mass is 19.1. The van der Waals surface area contributed by atoms with E-state index in [4.69, 9.17) is 10.5 Å². The van der Waals surface area contributed by atoms with E-state index in [9.17, 15) is 15.0 Å². The second-order valence-electron chi connectivity index (χ2n) is 7.14. The molecular formula is C17H23FN6O4. The van der Waals surface area contributed by atoms with Gasteiger partial charge < -0.3 is 26.0 Å². The molecule has 2 aromatic heterocycles. The first-order valence-corrected chi connectivity index (χ1v) is 8.61. The van der Waals surface area contributed by atoms with Crippen molar-refractivity contribution in [2.75, 3.05) is 19.0 Å². The number of anilines is 1. The van der Waals surface area contributed by atoms with Crippen molar-refractivity contribution in [1.82, 2.24) is 19.5 Å². The number of aliphatic hydroxyl groups is 2. The van der Waals surface area contributed by atoms with Crippen LogP contribution in [0.3, 0.4) is 0 Å². The normalized spacial score (nSPS) is 27.9. The number of carbonyl (C=O) groups is 1. The summed E-state index contributed by atoms with van der Waals surface area (Å²) in [5.41, 5.74) is 2.35. The highest BCUT2D eigenvalue weighted by Gasteiger charge is 2.56. The fourth-order valence-electron chi connectivity index (χ4n) is 3.07. The van der Waals surface area contributed by atoms with Gasteiger partial charge in [-0.15, -0.1) is 0 Å².